The van der Waals surface area contributed by atoms with Crippen molar-refractivity contribution in [1.29, 1.82) is 0 Å². The van der Waals surface area contributed by atoms with Crippen LogP contribution in [0.4, 0.5) is 0 Å². The highest BCUT2D eigenvalue weighted by Crippen LogP contribution is 2.31. The van der Waals surface area contributed by atoms with Crippen molar-refractivity contribution in [3.8, 4) is 5.75 Å². The van der Waals surface area contributed by atoms with Crippen LogP contribution in [0.25, 0.3) is 0 Å². The van der Waals surface area contributed by atoms with Gasteiger partial charge in [-0.2, -0.15) is 0 Å². The lowest BCUT2D eigenvalue weighted by molar-refractivity contribution is 0.323. The molecule has 2 nitrogen and oxygen atoms in total. The number of hydrogen-bond acceptors (Lipinski definition) is 2. The van der Waals surface area contributed by atoms with Crippen LogP contribution in [0.1, 0.15) is 36.5 Å². The van der Waals surface area contributed by atoms with E-state index in [9.17, 15) is 0 Å². The van der Waals surface area contributed by atoms with E-state index in [2.05, 4.69) is 38.2 Å². The lowest BCUT2D eigenvalue weighted by Crippen LogP contribution is -2.16. The molecule has 0 bridgehead atoms. The predicted molar refractivity (Wildman–Crippen MR) is 62.5 cm³/mol. The summed E-state index contributed by atoms with van der Waals surface area (Å²) in [6, 6.07) is 4.40. The molecule has 0 fully saturated rings. The smallest absolute Gasteiger partial charge is 0.127 e. The molecule has 1 aromatic rings. The highest BCUT2D eigenvalue weighted by Gasteiger charge is 2.16. The third-order valence-corrected chi connectivity index (χ3v) is 2.94. The van der Waals surface area contributed by atoms with Gasteiger partial charge in [0, 0.05) is 18.7 Å². The van der Waals surface area contributed by atoms with E-state index in [-0.39, 0.29) is 0 Å². The van der Waals surface area contributed by atoms with Crippen LogP contribution in [-0.2, 0) is 6.54 Å². The summed E-state index contributed by atoms with van der Waals surface area (Å²) in [7, 11) is 0. The molecule has 0 aromatic heterocycles. The van der Waals surface area contributed by atoms with Crippen molar-refractivity contribution in [3.05, 3.63) is 28.8 Å². The van der Waals surface area contributed by atoms with E-state index in [1.165, 1.54) is 16.7 Å². The largest absolute Gasteiger partial charge is 0.492 e. The molecule has 0 saturated carbocycles. The van der Waals surface area contributed by atoms with Gasteiger partial charge in [0.1, 0.15) is 12.4 Å². The Bertz CT molecular complexity index is 358. The molecule has 1 aliphatic heterocycles. The first kappa shape index (κ1) is 10.5. The van der Waals surface area contributed by atoms with E-state index >= 15 is 0 Å². The summed E-state index contributed by atoms with van der Waals surface area (Å²) in [5.41, 5.74) is 4.01. The van der Waals surface area contributed by atoms with Crippen LogP contribution in [-0.4, -0.2) is 13.2 Å². The fourth-order valence-corrected chi connectivity index (χ4v) is 2.12. The van der Waals surface area contributed by atoms with E-state index in [0.717, 1.165) is 25.4 Å². The summed E-state index contributed by atoms with van der Waals surface area (Å²) in [6.07, 6.45) is 0. The van der Waals surface area contributed by atoms with Crippen molar-refractivity contribution >= 4 is 0 Å². The maximum Gasteiger partial charge on any atom is 0.127 e. The Hall–Kier alpha value is -1.02. The monoisotopic (exact) mass is 205 g/mol. The number of aryl methyl sites for hydroxylation is 1. The topological polar surface area (TPSA) is 21.3 Å². The maximum atomic E-state index is 5.81. The molecular weight excluding hydrogens is 186 g/mol. The van der Waals surface area contributed by atoms with Gasteiger partial charge in [-0.05, 0) is 24.0 Å². The van der Waals surface area contributed by atoms with Gasteiger partial charge in [0.2, 0.25) is 0 Å². The van der Waals surface area contributed by atoms with Crippen molar-refractivity contribution in [3.63, 3.8) is 0 Å². The minimum Gasteiger partial charge on any atom is -0.492 e. The van der Waals surface area contributed by atoms with Gasteiger partial charge in [-0.1, -0.05) is 26.0 Å². The zero-order valence-corrected chi connectivity index (χ0v) is 9.76. The van der Waals surface area contributed by atoms with Crippen molar-refractivity contribution in [1.82, 2.24) is 5.32 Å². The molecule has 2 heteroatoms. The Balaban J connectivity index is 2.51. The number of ether oxygens (including phenoxy) is 1. The Morgan fingerprint density at radius 1 is 1.33 bits per heavy atom. The molecule has 0 unspecified atom stereocenters. The van der Waals surface area contributed by atoms with Crippen LogP contribution in [0.15, 0.2) is 12.1 Å². The normalized spacial score (nSPS) is 15.7. The number of rotatable bonds is 1. The SMILES string of the molecule is Cc1ccc(C(C)C)c2c1OCCNC2. The van der Waals surface area contributed by atoms with E-state index in [0.29, 0.717) is 5.92 Å². The van der Waals surface area contributed by atoms with Crippen molar-refractivity contribution in [2.75, 3.05) is 13.2 Å². The first-order valence-electron chi connectivity index (χ1n) is 5.66. The summed E-state index contributed by atoms with van der Waals surface area (Å²) in [5.74, 6) is 1.66. The van der Waals surface area contributed by atoms with Crippen molar-refractivity contribution in [2.24, 2.45) is 0 Å². The molecule has 2 rings (SSSR count). The molecule has 0 atom stereocenters. The summed E-state index contributed by atoms with van der Waals surface area (Å²) < 4.78 is 5.81. The molecule has 1 aliphatic rings. The molecule has 0 radical (unpaired) electrons. The van der Waals surface area contributed by atoms with Crippen LogP contribution in [0.5, 0.6) is 5.75 Å². The summed E-state index contributed by atoms with van der Waals surface area (Å²) in [6.45, 7) is 9.23. The zero-order valence-electron chi connectivity index (χ0n) is 9.76. The van der Waals surface area contributed by atoms with E-state index < -0.39 is 0 Å². The second-order valence-corrected chi connectivity index (χ2v) is 4.46. The first-order chi connectivity index (χ1) is 7.20. The second-order valence-electron chi connectivity index (χ2n) is 4.46. The van der Waals surface area contributed by atoms with Gasteiger partial charge in [0.15, 0.2) is 0 Å². The Kier molecular flexibility index (Phi) is 2.96. The lowest BCUT2D eigenvalue weighted by Gasteiger charge is -2.16. The summed E-state index contributed by atoms with van der Waals surface area (Å²) in [4.78, 5) is 0. The molecule has 0 aliphatic carbocycles. The van der Waals surface area contributed by atoms with Crippen molar-refractivity contribution < 1.29 is 4.74 Å². The number of hydrogen-bond donors (Lipinski definition) is 1. The van der Waals surface area contributed by atoms with Crippen LogP contribution in [0, 0.1) is 6.92 Å². The molecule has 0 spiro atoms. The third kappa shape index (κ3) is 2.00. The van der Waals surface area contributed by atoms with Gasteiger partial charge >= 0.3 is 0 Å². The highest BCUT2D eigenvalue weighted by atomic mass is 16.5. The number of nitrogens with one attached hydrogen (secondary N) is 1. The Morgan fingerprint density at radius 3 is 2.87 bits per heavy atom. The van der Waals surface area contributed by atoms with Crippen LogP contribution >= 0.6 is 0 Å². The molecule has 82 valence electrons. The second kappa shape index (κ2) is 4.23. The summed E-state index contributed by atoms with van der Waals surface area (Å²) in [5, 5.41) is 3.40. The van der Waals surface area contributed by atoms with Crippen LogP contribution in [0.3, 0.4) is 0 Å². The van der Waals surface area contributed by atoms with Gasteiger partial charge in [-0.3, -0.25) is 0 Å². The minimum absolute atomic E-state index is 0.558. The van der Waals surface area contributed by atoms with Gasteiger partial charge in [-0.25, -0.2) is 0 Å². The molecule has 15 heavy (non-hydrogen) atoms. The Labute approximate surface area is 91.6 Å². The average molecular weight is 205 g/mol. The molecule has 0 saturated heterocycles. The zero-order chi connectivity index (χ0) is 10.8. The fourth-order valence-electron chi connectivity index (χ4n) is 2.12. The van der Waals surface area contributed by atoms with E-state index in [4.69, 9.17) is 4.74 Å². The molecule has 1 N–H and O–H groups in total. The lowest BCUT2D eigenvalue weighted by atomic mass is 9.94. The standard InChI is InChI=1S/C13H19NO/c1-9(2)11-5-4-10(3)13-12(11)8-14-6-7-15-13/h4-5,9,14H,6-8H2,1-3H3. The fraction of sp³-hybridized carbons (Fsp3) is 0.538. The number of fused-ring (bicyclic) bond motifs is 1. The van der Waals surface area contributed by atoms with Gasteiger partial charge in [0.05, 0.1) is 0 Å². The predicted octanol–water partition coefficient (Wildman–Crippen LogP) is 2.60. The summed E-state index contributed by atoms with van der Waals surface area (Å²) >= 11 is 0. The third-order valence-electron chi connectivity index (χ3n) is 2.94. The van der Waals surface area contributed by atoms with Crippen LogP contribution in [0.2, 0.25) is 0 Å². The molecular formula is C13H19NO. The van der Waals surface area contributed by atoms with E-state index in [1.54, 1.807) is 0 Å². The molecule has 1 heterocycles. The molecule has 0 amide bonds. The van der Waals surface area contributed by atoms with Gasteiger partial charge < -0.3 is 10.1 Å². The Morgan fingerprint density at radius 2 is 2.13 bits per heavy atom. The van der Waals surface area contributed by atoms with Gasteiger partial charge in [0.25, 0.3) is 0 Å². The quantitative estimate of drug-likeness (QED) is 0.761. The highest BCUT2D eigenvalue weighted by molar-refractivity contribution is 5.47. The molecule has 1 aromatic carbocycles. The number of benzene rings is 1. The maximum absolute atomic E-state index is 5.81. The van der Waals surface area contributed by atoms with Crippen LogP contribution < -0.4 is 10.1 Å². The minimum atomic E-state index is 0.558. The average Bonchev–Trinajstić information content (AvgIpc) is 2.43. The first-order valence-corrected chi connectivity index (χ1v) is 5.66. The van der Waals surface area contributed by atoms with E-state index in [1.807, 2.05) is 0 Å². The van der Waals surface area contributed by atoms with Crippen molar-refractivity contribution in [2.45, 2.75) is 33.2 Å². The van der Waals surface area contributed by atoms with Gasteiger partial charge in [-0.15, -0.1) is 0 Å².